The lowest BCUT2D eigenvalue weighted by Gasteiger charge is -2.14. The van der Waals surface area contributed by atoms with Crippen molar-refractivity contribution in [3.8, 4) is 34.3 Å². The second-order valence-electron chi connectivity index (χ2n) is 13.2. The molecule has 0 aliphatic carbocycles. The van der Waals surface area contributed by atoms with Gasteiger partial charge in [-0.25, -0.2) is 15.0 Å². The Hall–Kier alpha value is -7.11. The summed E-state index contributed by atoms with van der Waals surface area (Å²) in [6, 6.07) is 61.7. The SMILES string of the molecule is c1ccc(-c2nc(-n3c4ccccc4c4c5ccc6ccccc6c5c5c(nc(-c6ccccc6)n5-c5ccccc5)c43)nc3ccccc23)cc1. The molecule has 11 rings (SSSR count). The van der Waals surface area contributed by atoms with Crippen molar-refractivity contribution >= 4 is 65.3 Å². The molecule has 3 aromatic heterocycles. The van der Waals surface area contributed by atoms with Crippen molar-refractivity contribution in [3.63, 3.8) is 0 Å². The minimum Gasteiger partial charge on any atom is -0.292 e. The molecule has 0 saturated heterocycles. The average Bonchev–Trinajstić information content (AvgIpc) is 3.79. The van der Waals surface area contributed by atoms with E-state index in [1.807, 2.05) is 12.1 Å². The van der Waals surface area contributed by atoms with Crippen molar-refractivity contribution in [1.82, 2.24) is 24.1 Å². The Morgan fingerprint density at radius 2 is 0.981 bits per heavy atom. The number of fused-ring (bicyclic) bond motifs is 11. The van der Waals surface area contributed by atoms with Crippen LogP contribution in [0.5, 0.6) is 0 Å². The Kier molecular flexibility index (Phi) is 6.18. The number of aromatic nitrogens is 5. The molecule has 0 spiro atoms. The van der Waals surface area contributed by atoms with Crippen LogP contribution in [0.25, 0.3) is 99.6 Å². The van der Waals surface area contributed by atoms with Gasteiger partial charge in [0, 0.05) is 38.4 Å². The highest BCUT2D eigenvalue weighted by Crippen LogP contribution is 2.46. The van der Waals surface area contributed by atoms with Crippen LogP contribution in [0.1, 0.15) is 0 Å². The summed E-state index contributed by atoms with van der Waals surface area (Å²) in [5.74, 6) is 1.49. The van der Waals surface area contributed by atoms with Crippen LogP contribution in [0, 0.1) is 0 Å². The fourth-order valence-electron chi connectivity index (χ4n) is 8.09. The topological polar surface area (TPSA) is 48.5 Å². The Morgan fingerprint density at radius 3 is 1.77 bits per heavy atom. The second kappa shape index (κ2) is 11.2. The van der Waals surface area contributed by atoms with Gasteiger partial charge < -0.3 is 0 Å². The van der Waals surface area contributed by atoms with Crippen molar-refractivity contribution in [1.29, 1.82) is 0 Å². The Bertz CT molecular complexity index is 3160. The Morgan fingerprint density at radius 1 is 0.385 bits per heavy atom. The van der Waals surface area contributed by atoms with Crippen LogP contribution < -0.4 is 0 Å². The molecular weight excluding hydrogens is 635 g/mol. The molecule has 5 nitrogen and oxygen atoms in total. The van der Waals surface area contributed by atoms with Gasteiger partial charge in [-0.1, -0.05) is 152 Å². The fraction of sp³-hybridized carbons (Fsp3) is 0. The highest BCUT2D eigenvalue weighted by atomic mass is 15.2. The van der Waals surface area contributed by atoms with E-state index >= 15 is 0 Å². The molecule has 0 atom stereocenters. The average molecular weight is 664 g/mol. The largest absolute Gasteiger partial charge is 0.292 e. The molecule has 0 bridgehead atoms. The van der Waals surface area contributed by atoms with Crippen LogP contribution in [0.3, 0.4) is 0 Å². The van der Waals surface area contributed by atoms with Gasteiger partial charge in [0.15, 0.2) is 0 Å². The van der Waals surface area contributed by atoms with E-state index in [9.17, 15) is 0 Å². The number of nitrogens with zero attached hydrogens (tertiary/aromatic N) is 5. The Labute approximate surface area is 298 Å². The second-order valence-corrected chi connectivity index (χ2v) is 13.2. The van der Waals surface area contributed by atoms with E-state index in [1.54, 1.807) is 0 Å². The predicted molar refractivity (Wildman–Crippen MR) is 214 cm³/mol. The first-order valence-corrected chi connectivity index (χ1v) is 17.6. The molecule has 0 saturated carbocycles. The molecule has 0 amide bonds. The highest BCUT2D eigenvalue weighted by Gasteiger charge is 2.27. The zero-order valence-corrected chi connectivity index (χ0v) is 28.0. The molecule has 5 heteroatoms. The predicted octanol–water partition coefficient (Wildman–Crippen LogP) is 11.7. The first kappa shape index (κ1) is 28.7. The quantitative estimate of drug-likeness (QED) is 0.176. The third-order valence-electron chi connectivity index (χ3n) is 10.3. The number of hydrogen-bond donors (Lipinski definition) is 0. The van der Waals surface area contributed by atoms with Gasteiger partial charge in [-0.3, -0.25) is 9.13 Å². The van der Waals surface area contributed by atoms with Crippen molar-refractivity contribution in [3.05, 3.63) is 176 Å². The lowest BCUT2D eigenvalue weighted by molar-refractivity contribution is 1.02. The van der Waals surface area contributed by atoms with Crippen LogP contribution >= 0.6 is 0 Å². The fourth-order valence-corrected chi connectivity index (χ4v) is 8.09. The van der Waals surface area contributed by atoms with Crippen LogP contribution in [-0.4, -0.2) is 24.1 Å². The van der Waals surface area contributed by atoms with Gasteiger partial charge in [0.1, 0.15) is 11.3 Å². The van der Waals surface area contributed by atoms with Gasteiger partial charge in [0.25, 0.3) is 0 Å². The molecule has 0 N–H and O–H groups in total. The molecule has 3 heterocycles. The molecule has 8 aromatic carbocycles. The van der Waals surface area contributed by atoms with Crippen LogP contribution in [0.15, 0.2) is 176 Å². The zero-order chi connectivity index (χ0) is 34.2. The smallest absolute Gasteiger partial charge is 0.235 e. The van der Waals surface area contributed by atoms with Gasteiger partial charge in [-0.15, -0.1) is 0 Å². The van der Waals surface area contributed by atoms with Crippen LogP contribution in [0.4, 0.5) is 0 Å². The molecule has 0 aliphatic rings. The maximum Gasteiger partial charge on any atom is 0.235 e. The summed E-state index contributed by atoms with van der Waals surface area (Å²) < 4.78 is 4.59. The van der Waals surface area contributed by atoms with E-state index in [0.717, 1.165) is 77.5 Å². The van der Waals surface area contributed by atoms with E-state index in [2.05, 4.69) is 173 Å². The summed E-state index contributed by atoms with van der Waals surface area (Å²) in [5.41, 5.74) is 8.89. The van der Waals surface area contributed by atoms with Gasteiger partial charge in [-0.2, -0.15) is 0 Å². The Balaban J connectivity index is 1.41. The molecule has 0 aliphatic heterocycles. The van der Waals surface area contributed by atoms with Crippen LogP contribution in [-0.2, 0) is 0 Å². The van der Waals surface area contributed by atoms with E-state index in [0.29, 0.717) is 5.95 Å². The molecule has 11 aromatic rings. The molecule has 0 radical (unpaired) electrons. The summed E-state index contributed by atoms with van der Waals surface area (Å²) in [4.78, 5) is 16.4. The maximum absolute atomic E-state index is 5.66. The molecular formula is C47H29N5. The van der Waals surface area contributed by atoms with E-state index < -0.39 is 0 Å². The first-order chi connectivity index (χ1) is 25.8. The molecule has 0 unspecified atom stereocenters. The van der Waals surface area contributed by atoms with Gasteiger partial charge in [0.2, 0.25) is 5.95 Å². The number of benzene rings is 8. The summed E-state index contributed by atoms with van der Waals surface area (Å²) in [5, 5.41) is 8.00. The van der Waals surface area contributed by atoms with Crippen molar-refractivity contribution < 1.29 is 0 Å². The zero-order valence-electron chi connectivity index (χ0n) is 28.0. The van der Waals surface area contributed by atoms with Crippen molar-refractivity contribution in [2.75, 3.05) is 0 Å². The number of para-hydroxylation sites is 3. The van der Waals surface area contributed by atoms with Gasteiger partial charge >= 0.3 is 0 Å². The van der Waals surface area contributed by atoms with E-state index in [1.165, 1.54) is 16.2 Å². The summed E-state index contributed by atoms with van der Waals surface area (Å²) in [7, 11) is 0. The lowest BCUT2D eigenvalue weighted by atomic mass is 9.96. The first-order valence-electron chi connectivity index (χ1n) is 17.6. The number of rotatable bonds is 4. The van der Waals surface area contributed by atoms with Crippen molar-refractivity contribution in [2.24, 2.45) is 0 Å². The minimum atomic E-state index is 0.612. The van der Waals surface area contributed by atoms with Gasteiger partial charge in [0.05, 0.1) is 27.8 Å². The lowest BCUT2D eigenvalue weighted by Crippen LogP contribution is -2.04. The highest BCUT2D eigenvalue weighted by molar-refractivity contribution is 6.35. The third kappa shape index (κ3) is 4.14. The van der Waals surface area contributed by atoms with E-state index in [4.69, 9.17) is 15.0 Å². The van der Waals surface area contributed by atoms with Gasteiger partial charge in [-0.05, 0) is 40.4 Å². The van der Waals surface area contributed by atoms with Crippen molar-refractivity contribution in [2.45, 2.75) is 0 Å². The summed E-state index contributed by atoms with van der Waals surface area (Å²) >= 11 is 0. The maximum atomic E-state index is 5.66. The summed E-state index contributed by atoms with van der Waals surface area (Å²) in [6.07, 6.45) is 0. The van der Waals surface area contributed by atoms with E-state index in [-0.39, 0.29) is 0 Å². The molecule has 242 valence electrons. The molecule has 0 fully saturated rings. The van der Waals surface area contributed by atoms with Crippen LogP contribution in [0.2, 0.25) is 0 Å². The third-order valence-corrected chi connectivity index (χ3v) is 10.3. The number of imidazole rings is 1. The number of hydrogen-bond acceptors (Lipinski definition) is 3. The summed E-state index contributed by atoms with van der Waals surface area (Å²) in [6.45, 7) is 0. The normalized spacial score (nSPS) is 11.8. The minimum absolute atomic E-state index is 0.612. The molecule has 52 heavy (non-hydrogen) atoms. The standard InChI is InChI=1S/C47H29N5/c1-4-17-31(18-5-1)42-35-24-12-14-26-38(35)48-47(50-42)52-39-27-15-13-25-36(39)41-37-29-28-30-16-10-11-23-34(30)40(37)44-43(45(41)52)49-46(32-19-6-2-7-20-32)51(44)33-21-8-3-9-22-33/h1-29H. The monoisotopic (exact) mass is 663 g/mol.